The number of rotatable bonds is 4. The van der Waals surface area contributed by atoms with Gasteiger partial charge in [0.2, 0.25) is 0 Å². The molecule has 1 heterocycles. The topological polar surface area (TPSA) is 23.6 Å². The molecular weight excluding hydrogens is 176 g/mol. The van der Waals surface area contributed by atoms with Gasteiger partial charge in [0.1, 0.15) is 5.78 Å². The van der Waals surface area contributed by atoms with Crippen LogP contribution >= 0.6 is 0 Å². The second-order valence-electron chi connectivity index (χ2n) is 4.44. The molecule has 1 aliphatic heterocycles. The minimum atomic E-state index is 0.312. The van der Waals surface area contributed by atoms with E-state index in [-0.39, 0.29) is 0 Å². The van der Waals surface area contributed by atoms with Gasteiger partial charge in [-0.05, 0) is 33.9 Å². The van der Waals surface area contributed by atoms with Gasteiger partial charge < -0.3 is 14.6 Å². The standard InChI is InChI=1S/C11H22N2O/c1-10-9-13(8-7-12(10)3)6-4-5-11(2)14/h10H,4-9H2,1-3H3. The quantitative estimate of drug-likeness (QED) is 0.673. The summed E-state index contributed by atoms with van der Waals surface area (Å²) in [6.07, 6.45) is 1.76. The van der Waals surface area contributed by atoms with Gasteiger partial charge in [-0.15, -0.1) is 0 Å². The van der Waals surface area contributed by atoms with Crippen LogP contribution in [0, 0.1) is 0 Å². The molecule has 0 amide bonds. The third-order valence-corrected chi connectivity index (χ3v) is 3.05. The Morgan fingerprint density at radius 1 is 1.43 bits per heavy atom. The Bertz CT molecular complexity index is 194. The van der Waals surface area contributed by atoms with Crippen LogP contribution in [0.3, 0.4) is 0 Å². The van der Waals surface area contributed by atoms with Gasteiger partial charge >= 0.3 is 0 Å². The summed E-state index contributed by atoms with van der Waals surface area (Å²) in [7, 11) is 2.18. The largest absolute Gasteiger partial charge is 0.301 e. The molecule has 1 rings (SSSR count). The molecule has 3 heteroatoms. The number of Topliss-reactive ketones (excluding diaryl/α,β-unsaturated/α-hetero) is 1. The predicted octanol–water partition coefficient (Wildman–Crippen LogP) is 0.991. The Morgan fingerprint density at radius 3 is 2.71 bits per heavy atom. The maximum Gasteiger partial charge on any atom is 0.129 e. The monoisotopic (exact) mass is 198 g/mol. The van der Waals surface area contributed by atoms with Crippen molar-refractivity contribution in [3.63, 3.8) is 0 Å². The van der Waals surface area contributed by atoms with Crippen molar-refractivity contribution in [2.24, 2.45) is 0 Å². The normalized spacial score (nSPS) is 25.2. The second-order valence-corrected chi connectivity index (χ2v) is 4.44. The van der Waals surface area contributed by atoms with Crippen LogP contribution < -0.4 is 0 Å². The molecule has 0 aromatic carbocycles. The molecule has 0 aliphatic carbocycles. The Morgan fingerprint density at radius 2 is 2.14 bits per heavy atom. The van der Waals surface area contributed by atoms with Crippen LogP contribution in [0.25, 0.3) is 0 Å². The molecule has 0 N–H and O–H groups in total. The minimum Gasteiger partial charge on any atom is -0.301 e. The number of ketones is 1. The van der Waals surface area contributed by atoms with Crippen molar-refractivity contribution in [3.05, 3.63) is 0 Å². The number of carbonyl (C=O) groups excluding carboxylic acids is 1. The highest BCUT2D eigenvalue weighted by Gasteiger charge is 2.19. The van der Waals surface area contributed by atoms with E-state index in [1.54, 1.807) is 6.92 Å². The Hall–Kier alpha value is -0.410. The van der Waals surface area contributed by atoms with E-state index in [2.05, 4.69) is 23.8 Å². The zero-order chi connectivity index (χ0) is 10.6. The molecule has 0 radical (unpaired) electrons. The smallest absolute Gasteiger partial charge is 0.129 e. The maximum atomic E-state index is 10.8. The molecule has 1 fully saturated rings. The highest BCUT2D eigenvalue weighted by molar-refractivity contribution is 5.75. The van der Waals surface area contributed by atoms with Crippen LogP contribution in [-0.2, 0) is 4.79 Å². The van der Waals surface area contributed by atoms with Crippen molar-refractivity contribution < 1.29 is 4.79 Å². The number of piperazine rings is 1. The molecule has 82 valence electrons. The average molecular weight is 198 g/mol. The summed E-state index contributed by atoms with van der Waals surface area (Å²) >= 11 is 0. The van der Waals surface area contributed by atoms with Crippen molar-refractivity contribution >= 4 is 5.78 Å². The predicted molar refractivity (Wildman–Crippen MR) is 58.4 cm³/mol. The van der Waals surface area contributed by atoms with Crippen molar-refractivity contribution in [2.75, 3.05) is 33.2 Å². The first-order valence-electron chi connectivity index (χ1n) is 5.51. The second kappa shape index (κ2) is 5.47. The van der Waals surface area contributed by atoms with Gasteiger partial charge in [-0.25, -0.2) is 0 Å². The summed E-state index contributed by atoms with van der Waals surface area (Å²) in [5.74, 6) is 0.312. The summed E-state index contributed by atoms with van der Waals surface area (Å²) in [6.45, 7) is 8.47. The van der Waals surface area contributed by atoms with Crippen molar-refractivity contribution in [1.82, 2.24) is 9.80 Å². The molecule has 1 saturated heterocycles. The van der Waals surface area contributed by atoms with E-state index in [1.807, 2.05) is 0 Å². The van der Waals surface area contributed by atoms with E-state index in [0.717, 1.165) is 39.0 Å². The van der Waals surface area contributed by atoms with Crippen molar-refractivity contribution in [3.8, 4) is 0 Å². The molecule has 0 aromatic heterocycles. The lowest BCUT2D eigenvalue weighted by Crippen LogP contribution is -2.50. The number of carbonyl (C=O) groups is 1. The fourth-order valence-corrected chi connectivity index (χ4v) is 1.88. The van der Waals surface area contributed by atoms with Crippen LogP contribution in [0.15, 0.2) is 0 Å². The van der Waals surface area contributed by atoms with E-state index >= 15 is 0 Å². The molecule has 1 aliphatic rings. The van der Waals surface area contributed by atoms with Crippen LogP contribution in [0.1, 0.15) is 26.7 Å². The van der Waals surface area contributed by atoms with E-state index in [0.29, 0.717) is 11.8 Å². The van der Waals surface area contributed by atoms with Gasteiger partial charge in [0.25, 0.3) is 0 Å². The fourth-order valence-electron chi connectivity index (χ4n) is 1.88. The zero-order valence-electron chi connectivity index (χ0n) is 9.62. The minimum absolute atomic E-state index is 0.312. The molecule has 1 atom stereocenters. The molecule has 0 aromatic rings. The van der Waals surface area contributed by atoms with Crippen LogP contribution in [0.5, 0.6) is 0 Å². The van der Waals surface area contributed by atoms with Gasteiger partial charge in [0.15, 0.2) is 0 Å². The molecule has 14 heavy (non-hydrogen) atoms. The van der Waals surface area contributed by atoms with Crippen molar-refractivity contribution in [2.45, 2.75) is 32.7 Å². The molecular formula is C11H22N2O. The molecule has 0 bridgehead atoms. The summed E-state index contributed by atoms with van der Waals surface area (Å²) in [6, 6.07) is 0.654. The van der Waals surface area contributed by atoms with Crippen LogP contribution in [-0.4, -0.2) is 54.9 Å². The highest BCUT2D eigenvalue weighted by atomic mass is 16.1. The molecule has 3 nitrogen and oxygen atoms in total. The SMILES string of the molecule is CC(=O)CCCN1CCN(C)C(C)C1. The summed E-state index contributed by atoms with van der Waals surface area (Å²) in [5, 5.41) is 0. The van der Waals surface area contributed by atoms with E-state index in [1.165, 1.54) is 0 Å². The van der Waals surface area contributed by atoms with E-state index in [9.17, 15) is 4.79 Å². The summed E-state index contributed by atoms with van der Waals surface area (Å²) in [5.41, 5.74) is 0. The lowest BCUT2D eigenvalue weighted by atomic mass is 10.1. The third-order valence-electron chi connectivity index (χ3n) is 3.05. The van der Waals surface area contributed by atoms with Crippen LogP contribution in [0.4, 0.5) is 0 Å². The number of nitrogens with zero attached hydrogens (tertiary/aromatic N) is 2. The summed E-state index contributed by atoms with van der Waals surface area (Å²) < 4.78 is 0. The van der Waals surface area contributed by atoms with Gasteiger partial charge in [0.05, 0.1) is 0 Å². The highest BCUT2D eigenvalue weighted by Crippen LogP contribution is 2.07. The first-order chi connectivity index (χ1) is 6.59. The first-order valence-corrected chi connectivity index (χ1v) is 5.51. The van der Waals surface area contributed by atoms with Gasteiger partial charge in [0, 0.05) is 32.1 Å². The first kappa shape index (κ1) is 11.7. The lowest BCUT2D eigenvalue weighted by molar-refractivity contribution is -0.117. The molecule has 0 spiro atoms. The van der Waals surface area contributed by atoms with E-state index in [4.69, 9.17) is 0 Å². The third kappa shape index (κ3) is 3.76. The Balaban J connectivity index is 2.16. The van der Waals surface area contributed by atoms with Crippen molar-refractivity contribution in [1.29, 1.82) is 0 Å². The number of likely N-dealkylation sites (N-methyl/N-ethyl adjacent to an activating group) is 1. The van der Waals surface area contributed by atoms with E-state index < -0.39 is 0 Å². The van der Waals surface area contributed by atoms with Gasteiger partial charge in [-0.3, -0.25) is 0 Å². The van der Waals surface area contributed by atoms with Crippen LogP contribution in [0.2, 0.25) is 0 Å². The molecule has 1 unspecified atom stereocenters. The average Bonchev–Trinajstić information content (AvgIpc) is 2.10. The Labute approximate surface area is 87.1 Å². The zero-order valence-corrected chi connectivity index (χ0v) is 9.62. The fraction of sp³-hybridized carbons (Fsp3) is 0.909. The number of hydrogen-bond donors (Lipinski definition) is 0. The lowest BCUT2D eigenvalue weighted by Gasteiger charge is -2.37. The number of hydrogen-bond acceptors (Lipinski definition) is 3. The molecule has 0 saturated carbocycles. The maximum absolute atomic E-state index is 10.8. The Kier molecular flexibility index (Phi) is 4.55. The van der Waals surface area contributed by atoms with Gasteiger partial charge in [-0.1, -0.05) is 0 Å². The summed E-state index contributed by atoms with van der Waals surface area (Å²) in [4.78, 5) is 15.6. The van der Waals surface area contributed by atoms with Gasteiger partial charge in [-0.2, -0.15) is 0 Å².